The first kappa shape index (κ1) is 24.7. The number of hydrogen-bond acceptors (Lipinski definition) is 5. The van der Waals surface area contributed by atoms with E-state index in [0.717, 1.165) is 58.4 Å². The zero-order chi connectivity index (χ0) is 25.4. The number of methoxy groups -OCH3 is 1. The summed E-state index contributed by atoms with van der Waals surface area (Å²) in [5.41, 5.74) is 4.91. The Morgan fingerprint density at radius 2 is 1.92 bits per heavy atom. The standard InChI is InChI=1S/C28H33N3O4S/c1-28(27(33)34)15-19-13-20(35-3)10-12-21(19)25-24(17-7-5-4-6-8-17)22-11-9-18(26(32)30-36-29-2)14-23(22)31(25)16-28/h9-14,17,29H,4-8,15-16H2,1-3H3,(H,30,32)(H,33,34). The van der Waals surface area contributed by atoms with Gasteiger partial charge in [0, 0.05) is 40.7 Å². The number of hydrogen-bond donors (Lipinski definition) is 3. The highest BCUT2D eigenvalue weighted by Gasteiger charge is 2.40. The molecule has 0 radical (unpaired) electrons. The molecule has 0 saturated heterocycles. The SMILES string of the molecule is CNSNC(=O)c1ccc2c(C3CCCCC3)c3n(c2c1)CC(C)(C(=O)O)Cc1cc(OC)ccc1-3. The third-order valence-electron chi connectivity index (χ3n) is 7.80. The number of carbonyl (C=O) groups is 2. The Morgan fingerprint density at radius 1 is 1.14 bits per heavy atom. The van der Waals surface area contributed by atoms with E-state index in [9.17, 15) is 14.7 Å². The number of carboxylic acid groups (broad SMARTS) is 1. The predicted molar refractivity (Wildman–Crippen MR) is 143 cm³/mol. The summed E-state index contributed by atoms with van der Waals surface area (Å²) in [7, 11) is 3.38. The second-order valence-corrected chi connectivity index (χ2v) is 11.0. The van der Waals surface area contributed by atoms with Crippen molar-refractivity contribution in [1.82, 2.24) is 14.0 Å². The van der Waals surface area contributed by atoms with Crippen LogP contribution in [-0.4, -0.2) is 35.7 Å². The highest BCUT2D eigenvalue weighted by molar-refractivity contribution is 7.96. The summed E-state index contributed by atoms with van der Waals surface area (Å²) < 4.78 is 13.3. The molecule has 3 N–H and O–H groups in total. The van der Waals surface area contributed by atoms with E-state index in [-0.39, 0.29) is 5.91 Å². The van der Waals surface area contributed by atoms with Gasteiger partial charge in [0.15, 0.2) is 0 Å². The van der Waals surface area contributed by atoms with Crippen LogP contribution in [0.1, 0.15) is 66.4 Å². The van der Waals surface area contributed by atoms with Gasteiger partial charge in [-0.2, -0.15) is 0 Å². The van der Waals surface area contributed by atoms with Crippen molar-refractivity contribution in [2.75, 3.05) is 14.2 Å². The number of nitrogens with zero attached hydrogens (tertiary/aromatic N) is 1. The van der Waals surface area contributed by atoms with E-state index in [1.807, 2.05) is 31.2 Å². The summed E-state index contributed by atoms with van der Waals surface area (Å²) in [6.45, 7) is 2.15. The Morgan fingerprint density at radius 3 is 2.61 bits per heavy atom. The molecule has 3 aromatic rings. The van der Waals surface area contributed by atoms with E-state index in [4.69, 9.17) is 4.74 Å². The van der Waals surface area contributed by atoms with Gasteiger partial charge in [0.05, 0.1) is 18.2 Å². The fraction of sp³-hybridized carbons (Fsp3) is 0.429. The van der Waals surface area contributed by atoms with Gasteiger partial charge in [-0.05, 0) is 80.6 Å². The van der Waals surface area contributed by atoms with Crippen LogP contribution in [0.2, 0.25) is 0 Å². The van der Waals surface area contributed by atoms with Crippen LogP contribution in [0.3, 0.4) is 0 Å². The molecular weight excluding hydrogens is 474 g/mol. The van der Waals surface area contributed by atoms with Crippen molar-refractivity contribution in [1.29, 1.82) is 0 Å². The number of rotatable bonds is 6. The molecule has 7 nitrogen and oxygen atoms in total. The lowest BCUT2D eigenvalue weighted by Crippen LogP contribution is -2.33. The number of nitrogens with one attached hydrogen (secondary N) is 2. The van der Waals surface area contributed by atoms with Crippen LogP contribution in [0.15, 0.2) is 36.4 Å². The summed E-state index contributed by atoms with van der Waals surface area (Å²) >= 11 is 1.13. The molecule has 8 heteroatoms. The second kappa shape index (κ2) is 9.82. The summed E-state index contributed by atoms with van der Waals surface area (Å²) in [6, 6.07) is 11.9. The van der Waals surface area contributed by atoms with Crippen LogP contribution >= 0.6 is 12.1 Å². The maximum absolute atomic E-state index is 12.8. The number of carboxylic acids is 1. The number of amides is 1. The maximum Gasteiger partial charge on any atom is 0.311 e. The van der Waals surface area contributed by atoms with Crippen LogP contribution in [0.4, 0.5) is 0 Å². The fourth-order valence-corrected chi connectivity index (χ4v) is 6.29. The Balaban J connectivity index is 1.81. The lowest BCUT2D eigenvalue weighted by atomic mass is 9.80. The molecule has 1 fully saturated rings. The first-order valence-corrected chi connectivity index (χ1v) is 13.4. The molecule has 5 rings (SSSR count). The van der Waals surface area contributed by atoms with E-state index in [1.54, 1.807) is 14.2 Å². The molecule has 1 atom stereocenters. The molecule has 36 heavy (non-hydrogen) atoms. The zero-order valence-electron chi connectivity index (χ0n) is 21.0. The number of carbonyl (C=O) groups excluding carboxylic acids is 1. The minimum atomic E-state index is -1.01. The van der Waals surface area contributed by atoms with Crippen LogP contribution in [-0.2, 0) is 17.8 Å². The van der Waals surface area contributed by atoms with Gasteiger partial charge in [-0.1, -0.05) is 25.3 Å². The van der Waals surface area contributed by atoms with E-state index in [0.29, 0.717) is 24.4 Å². The highest BCUT2D eigenvalue weighted by atomic mass is 32.2. The summed E-state index contributed by atoms with van der Waals surface area (Å²) in [5, 5.41) is 11.5. The fourth-order valence-electron chi connectivity index (χ4n) is 5.98. The lowest BCUT2D eigenvalue weighted by Gasteiger charge is -2.24. The Bertz CT molecular complexity index is 1330. The molecule has 1 amide bonds. The van der Waals surface area contributed by atoms with Gasteiger partial charge in [0.2, 0.25) is 0 Å². The van der Waals surface area contributed by atoms with Crippen molar-refractivity contribution in [3.63, 3.8) is 0 Å². The minimum Gasteiger partial charge on any atom is -0.497 e. The van der Waals surface area contributed by atoms with Crippen molar-refractivity contribution in [3.8, 4) is 17.0 Å². The highest BCUT2D eigenvalue weighted by Crippen LogP contribution is 2.48. The van der Waals surface area contributed by atoms with Gasteiger partial charge in [0.25, 0.3) is 5.91 Å². The maximum atomic E-state index is 12.8. The van der Waals surface area contributed by atoms with Crippen molar-refractivity contribution in [2.45, 2.75) is 57.9 Å². The lowest BCUT2D eigenvalue weighted by molar-refractivity contribution is -0.148. The number of ether oxygens (including phenoxy) is 1. The molecule has 1 saturated carbocycles. The number of fused-ring (bicyclic) bond motifs is 5. The predicted octanol–water partition coefficient (Wildman–Crippen LogP) is 5.52. The van der Waals surface area contributed by atoms with Gasteiger partial charge in [0.1, 0.15) is 5.75 Å². The van der Waals surface area contributed by atoms with Crippen LogP contribution in [0, 0.1) is 5.41 Å². The third kappa shape index (κ3) is 4.26. The molecule has 2 heterocycles. The minimum absolute atomic E-state index is 0.189. The van der Waals surface area contributed by atoms with E-state index < -0.39 is 11.4 Å². The topological polar surface area (TPSA) is 92.6 Å². The van der Waals surface area contributed by atoms with E-state index >= 15 is 0 Å². The van der Waals surface area contributed by atoms with E-state index in [2.05, 4.69) is 26.1 Å². The molecular formula is C28H33N3O4S. The van der Waals surface area contributed by atoms with Gasteiger partial charge >= 0.3 is 5.97 Å². The van der Waals surface area contributed by atoms with Crippen molar-refractivity contribution < 1.29 is 19.4 Å². The number of aliphatic carboxylic acids is 1. The quantitative estimate of drug-likeness (QED) is 0.380. The van der Waals surface area contributed by atoms with Gasteiger partial charge in [-0.3, -0.25) is 14.3 Å². The summed E-state index contributed by atoms with van der Waals surface area (Å²) in [4.78, 5) is 25.4. The zero-order valence-corrected chi connectivity index (χ0v) is 21.8. The molecule has 190 valence electrons. The van der Waals surface area contributed by atoms with E-state index in [1.165, 1.54) is 24.8 Å². The second-order valence-electron chi connectivity index (χ2n) is 10.2. The molecule has 2 aliphatic rings. The molecule has 1 aliphatic heterocycles. The Labute approximate surface area is 215 Å². The summed E-state index contributed by atoms with van der Waals surface area (Å²) in [6.07, 6.45) is 6.29. The summed E-state index contributed by atoms with van der Waals surface area (Å²) in [5.74, 6) is 0.114. The Kier molecular flexibility index (Phi) is 6.74. The smallest absolute Gasteiger partial charge is 0.311 e. The first-order valence-electron chi connectivity index (χ1n) is 12.6. The average Bonchev–Trinajstić information content (AvgIpc) is 3.12. The van der Waals surface area contributed by atoms with Crippen LogP contribution in [0.5, 0.6) is 5.75 Å². The Hall–Kier alpha value is -2.97. The largest absolute Gasteiger partial charge is 0.497 e. The molecule has 1 aliphatic carbocycles. The van der Waals surface area contributed by atoms with Crippen LogP contribution in [0.25, 0.3) is 22.2 Å². The first-order chi connectivity index (χ1) is 17.4. The average molecular weight is 508 g/mol. The number of benzene rings is 2. The molecule has 1 unspecified atom stereocenters. The van der Waals surface area contributed by atoms with Crippen molar-refractivity contribution >= 4 is 34.9 Å². The van der Waals surface area contributed by atoms with Crippen molar-refractivity contribution in [2.24, 2.45) is 5.41 Å². The normalized spacial score (nSPS) is 19.9. The monoisotopic (exact) mass is 507 g/mol. The van der Waals surface area contributed by atoms with Crippen LogP contribution < -0.4 is 14.2 Å². The number of aromatic nitrogens is 1. The van der Waals surface area contributed by atoms with Gasteiger partial charge < -0.3 is 14.4 Å². The molecule has 1 aromatic heterocycles. The molecule has 0 bridgehead atoms. The molecule has 2 aromatic carbocycles. The van der Waals surface area contributed by atoms with Gasteiger partial charge in [-0.15, -0.1) is 0 Å². The molecule has 0 spiro atoms. The van der Waals surface area contributed by atoms with Gasteiger partial charge in [-0.25, -0.2) is 4.72 Å². The van der Waals surface area contributed by atoms with Crippen molar-refractivity contribution in [3.05, 3.63) is 53.1 Å². The third-order valence-corrected chi connectivity index (χ3v) is 8.29.